The average molecular weight is 250 g/mol. The van der Waals surface area contributed by atoms with E-state index in [0.29, 0.717) is 5.56 Å². The predicted octanol–water partition coefficient (Wildman–Crippen LogP) is 4.96. The Morgan fingerprint density at radius 2 is 1.42 bits per heavy atom. The van der Waals surface area contributed by atoms with Crippen LogP contribution in [0.2, 0.25) is 0 Å². The van der Waals surface area contributed by atoms with E-state index in [9.17, 15) is 0 Å². The molecule has 0 aromatic heterocycles. The van der Waals surface area contributed by atoms with Crippen LogP contribution >= 0.6 is 0 Å². The van der Waals surface area contributed by atoms with E-state index in [1.807, 2.05) is 24.3 Å². The van der Waals surface area contributed by atoms with Gasteiger partial charge in [0.05, 0.1) is 11.6 Å². The van der Waals surface area contributed by atoms with Crippen LogP contribution in [-0.4, -0.2) is 0 Å². The molecule has 2 rings (SSSR count). The lowest BCUT2D eigenvalue weighted by Crippen LogP contribution is -1.86. The summed E-state index contributed by atoms with van der Waals surface area (Å²) in [5, 5.41) is 8.79. The largest absolute Gasteiger partial charge is 0.192 e. The number of hydrogen-bond donors (Lipinski definition) is 0. The van der Waals surface area contributed by atoms with E-state index in [1.54, 1.807) is 0 Å². The third-order valence-corrected chi connectivity index (χ3v) is 3.37. The minimum atomic E-state index is 0.708. The molecule has 0 saturated heterocycles. The summed E-state index contributed by atoms with van der Waals surface area (Å²) in [6, 6.07) is 18.6. The van der Waals surface area contributed by atoms with Crippen LogP contribution in [0.25, 0.3) is 11.1 Å². The van der Waals surface area contributed by atoms with Crippen LogP contribution in [0.15, 0.2) is 48.5 Å². The molecule has 0 amide bonds. The molecule has 1 heteroatoms. The second kappa shape index (κ2) is 6.75. The third kappa shape index (κ3) is 3.69. The van der Waals surface area contributed by atoms with Crippen molar-refractivity contribution >= 4 is 0 Å². The minimum absolute atomic E-state index is 0.708. The molecule has 0 atom stereocenters. The van der Waals surface area contributed by atoms with Crippen LogP contribution in [-0.2, 0) is 6.42 Å². The Hall–Kier alpha value is -2.07. The summed E-state index contributed by atoms with van der Waals surface area (Å²) in [7, 11) is 0. The zero-order valence-corrected chi connectivity index (χ0v) is 11.4. The zero-order valence-electron chi connectivity index (χ0n) is 11.4. The molecule has 0 saturated carbocycles. The number of nitriles is 1. The zero-order chi connectivity index (χ0) is 13.5. The maximum Gasteiger partial charge on any atom is 0.0991 e. The van der Waals surface area contributed by atoms with Crippen LogP contribution in [0.4, 0.5) is 0 Å². The van der Waals surface area contributed by atoms with Crippen molar-refractivity contribution in [2.24, 2.45) is 0 Å². The van der Waals surface area contributed by atoms with E-state index in [2.05, 4.69) is 37.3 Å². The Bertz CT molecular complexity index is 544. The van der Waals surface area contributed by atoms with Gasteiger partial charge in [-0.1, -0.05) is 56.2 Å². The molecule has 1 nitrogen and oxygen atoms in total. The van der Waals surface area contributed by atoms with Gasteiger partial charge in [0.25, 0.3) is 0 Å². The van der Waals surface area contributed by atoms with Gasteiger partial charge in [-0.25, -0.2) is 0 Å². The van der Waals surface area contributed by atoms with Crippen LogP contribution in [0.1, 0.15) is 37.3 Å². The first-order valence-corrected chi connectivity index (χ1v) is 6.93. The highest BCUT2D eigenvalue weighted by Gasteiger charge is 1.99. The number of nitrogens with zero attached hydrogens (tertiary/aromatic N) is 1. The van der Waals surface area contributed by atoms with Gasteiger partial charge in [0.1, 0.15) is 0 Å². The third-order valence-electron chi connectivity index (χ3n) is 3.37. The van der Waals surface area contributed by atoms with Gasteiger partial charge in [-0.15, -0.1) is 0 Å². The summed E-state index contributed by atoms with van der Waals surface area (Å²) in [5.74, 6) is 0. The quantitative estimate of drug-likeness (QED) is 0.543. The molecular formula is C18H19N. The number of unbranched alkanes of at least 4 members (excludes halogenated alkanes) is 2. The maximum absolute atomic E-state index is 8.79. The van der Waals surface area contributed by atoms with Crippen LogP contribution in [0.5, 0.6) is 0 Å². The Labute approximate surface area is 115 Å². The minimum Gasteiger partial charge on any atom is -0.192 e. The molecule has 2 aromatic rings. The van der Waals surface area contributed by atoms with Crippen molar-refractivity contribution in [3.8, 4) is 17.2 Å². The molecule has 0 aliphatic carbocycles. The molecule has 2 aromatic carbocycles. The van der Waals surface area contributed by atoms with Gasteiger partial charge < -0.3 is 0 Å². The second-order valence-corrected chi connectivity index (χ2v) is 4.84. The van der Waals surface area contributed by atoms with Gasteiger partial charge in [0, 0.05) is 0 Å². The summed E-state index contributed by atoms with van der Waals surface area (Å²) < 4.78 is 0. The Kier molecular flexibility index (Phi) is 4.75. The fourth-order valence-electron chi connectivity index (χ4n) is 2.18. The molecule has 0 heterocycles. The molecule has 0 N–H and O–H groups in total. The summed E-state index contributed by atoms with van der Waals surface area (Å²) in [6.45, 7) is 2.23. The molecule has 0 unspecified atom stereocenters. The Balaban J connectivity index is 2.07. The molecule has 96 valence electrons. The van der Waals surface area contributed by atoms with Gasteiger partial charge in [0.15, 0.2) is 0 Å². The monoisotopic (exact) mass is 250 g/mol. The highest BCUT2D eigenvalue weighted by Crippen LogP contribution is 2.20. The van der Waals surface area contributed by atoms with Gasteiger partial charge in [-0.3, -0.25) is 0 Å². The second-order valence-electron chi connectivity index (χ2n) is 4.84. The van der Waals surface area contributed by atoms with E-state index in [0.717, 1.165) is 0 Å². The van der Waals surface area contributed by atoms with E-state index in [1.165, 1.54) is 42.4 Å². The highest BCUT2D eigenvalue weighted by atomic mass is 14.4. The molecule has 0 bridgehead atoms. The van der Waals surface area contributed by atoms with Crippen molar-refractivity contribution in [2.45, 2.75) is 32.6 Å². The molecule has 0 aliphatic rings. The predicted molar refractivity (Wildman–Crippen MR) is 79.8 cm³/mol. The molecular weight excluding hydrogens is 231 g/mol. The lowest BCUT2D eigenvalue weighted by Gasteiger charge is -2.04. The fourth-order valence-corrected chi connectivity index (χ4v) is 2.18. The van der Waals surface area contributed by atoms with Crippen molar-refractivity contribution in [3.63, 3.8) is 0 Å². The van der Waals surface area contributed by atoms with E-state index in [4.69, 9.17) is 5.26 Å². The van der Waals surface area contributed by atoms with Crippen LogP contribution < -0.4 is 0 Å². The highest BCUT2D eigenvalue weighted by molar-refractivity contribution is 5.64. The number of rotatable bonds is 5. The topological polar surface area (TPSA) is 23.8 Å². The fraction of sp³-hybridized carbons (Fsp3) is 0.278. The standard InChI is InChI=1S/C18H19N/c1-2-3-4-5-15-6-10-17(11-7-15)18-12-8-16(14-19)9-13-18/h6-13H,2-5H2,1H3/i14+1. The van der Waals surface area contributed by atoms with E-state index in [-0.39, 0.29) is 0 Å². The number of benzene rings is 2. The summed E-state index contributed by atoms with van der Waals surface area (Å²) in [4.78, 5) is 0. The van der Waals surface area contributed by atoms with Crippen molar-refractivity contribution < 1.29 is 0 Å². The first-order valence-electron chi connectivity index (χ1n) is 6.93. The first-order chi connectivity index (χ1) is 9.33. The summed E-state index contributed by atoms with van der Waals surface area (Å²) >= 11 is 0. The molecule has 19 heavy (non-hydrogen) atoms. The maximum atomic E-state index is 8.79. The smallest absolute Gasteiger partial charge is 0.0991 e. The normalized spacial score (nSPS) is 10.1. The number of aryl methyl sites for hydroxylation is 1. The first kappa shape index (κ1) is 13.4. The lowest BCUT2D eigenvalue weighted by molar-refractivity contribution is 0.717. The van der Waals surface area contributed by atoms with Crippen molar-refractivity contribution in [2.75, 3.05) is 0 Å². The molecule has 0 fully saturated rings. The Morgan fingerprint density at radius 3 is 1.95 bits per heavy atom. The molecule has 0 aliphatic heterocycles. The summed E-state index contributed by atoms with van der Waals surface area (Å²) in [6.07, 6.45) is 5.01. The summed E-state index contributed by atoms with van der Waals surface area (Å²) in [5.41, 5.74) is 4.49. The van der Waals surface area contributed by atoms with Gasteiger partial charge in [0.2, 0.25) is 0 Å². The van der Waals surface area contributed by atoms with Crippen molar-refractivity contribution in [3.05, 3.63) is 59.7 Å². The van der Waals surface area contributed by atoms with E-state index >= 15 is 0 Å². The van der Waals surface area contributed by atoms with Crippen LogP contribution in [0.3, 0.4) is 0 Å². The van der Waals surface area contributed by atoms with Gasteiger partial charge in [-0.05, 0) is 41.7 Å². The SMILES string of the molecule is CCCCCc1ccc(-c2ccc([13C]#N)cc2)cc1. The van der Waals surface area contributed by atoms with Crippen molar-refractivity contribution in [1.82, 2.24) is 0 Å². The van der Waals surface area contributed by atoms with E-state index < -0.39 is 0 Å². The van der Waals surface area contributed by atoms with Gasteiger partial charge in [-0.2, -0.15) is 5.26 Å². The number of hydrogen-bond acceptors (Lipinski definition) is 1. The average Bonchev–Trinajstić information content (AvgIpc) is 2.48. The van der Waals surface area contributed by atoms with Crippen molar-refractivity contribution in [1.29, 1.82) is 5.26 Å². The molecule has 0 spiro atoms. The Morgan fingerprint density at radius 1 is 0.842 bits per heavy atom. The lowest BCUT2D eigenvalue weighted by atomic mass is 10.0. The van der Waals surface area contributed by atoms with Gasteiger partial charge >= 0.3 is 0 Å². The molecule has 0 radical (unpaired) electrons. The van der Waals surface area contributed by atoms with Crippen LogP contribution in [0, 0.1) is 11.3 Å².